The van der Waals surface area contributed by atoms with Gasteiger partial charge in [-0.1, -0.05) is 0 Å². The Bertz CT molecular complexity index is 593. The van der Waals surface area contributed by atoms with Gasteiger partial charge in [-0.3, -0.25) is 4.90 Å². The molecule has 3 heterocycles. The highest BCUT2D eigenvalue weighted by Crippen LogP contribution is 2.36. The second-order valence-corrected chi connectivity index (χ2v) is 9.88. The molecule has 0 radical (unpaired) electrons. The first kappa shape index (κ1) is 19.9. The Balaban J connectivity index is 1.74. The van der Waals surface area contributed by atoms with Gasteiger partial charge in [-0.05, 0) is 79.1 Å². The first-order chi connectivity index (χ1) is 12.1. The van der Waals surface area contributed by atoms with Crippen LogP contribution in [0.2, 0.25) is 0 Å². The first-order valence-electron chi connectivity index (χ1n) is 10.5. The molecule has 1 aromatic rings. The van der Waals surface area contributed by atoms with Gasteiger partial charge >= 0.3 is 0 Å². The molecule has 2 aliphatic rings. The van der Waals surface area contributed by atoms with Crippen LogP contribution < -0.4 is 0 Å². The van der Waals surface area contributed by atoms with Crippen molar-refractivity contribution in [2.45, 2.75) is 65.1 Å². The summed E-state index contributed by atoms with van der Waals surface area (Å²) in [4.78, 5) is 7.71. The van der Waals surface area contributed by atoms with E-state index in [1.165, 1.54) is 38.2 Å². The van der Waals surface area contributed by atoms with Crippen LogP contribution in [-0.4, -0.2) is 71.6 Å². The summed E-state index contributed by atoms with van der Waals surface area (Å²) in [7, 11) is 2.23. The molecule has 4 nitrogen and oxygen atoms in total. The van der Waals surface area contributed by atoms with Crippen molar-refractivity contribution in [3.63, 3.8) is 0 Å². The van der Waals surface area contributed by atoms with Gasteiger partial charge in [0.25, 0.3) is 0 Å². The van der Waals surface area contributed by atoms with Crippen LogP contribution in [0.15, 0.2) is 18.5 Å². The van der Waals surface area contributed by atoms with Crippen molar-refractivity contribution >= 4 is 0 Å². The van der Waals surface area contributed by atoms with Crippen LogP contribution in [0.4, 0.5) is 0 Å². The molecule has 3 rings (SSSR count). The monoisotopic (exact) mass is 360 g/mol. The Labute approximate surface area is 161 Å². The maximum atomic E-state index is 2.65. The van der Waals surface area contributed by atoms with Gasteiger partial charge in [-0.25, -0.2) is 0 Å². The fourth-order valence-corrected chi connectivity index (χ4v) is 4.71. The fraction of sp³-hybridized carbons (Fsp3) is 0.818. The summed E-state index contributed by atoms with van der Waals surface area (Å²) in [5, 5.41) is 0. The minimum Gasteiger partial charge on any atom is -0.348 e. The molecule has 2 aliphatic heterocycles. The van der Waals surface area contributed by atoms with Gasteiger partial charge < -0.3 is 14.4 Å². The van der Waals surface area contributed by atoms with Gasteiger partial charge in [-0.2, -0.15) is 0 Å². The molecule has 1 unspecified atom stereocenters. The third-order valence-electron chi connectivity index (χ3n) is 7.31. The summed E-state index contributed by atoms with van der Waals surface area (Å²) < 4.78 is 2.49. The number of likely N-dealkylation sites (tertiary alicyclic amines) is 1. The normalized spacial score (nSPS) is 24.7. The van der Waals surface area contributed by atoms with Crippen LogP contribution in [0.1, 0.15) is 53.5 Å². The van der Waals surface area contributed by atoms with Crippen molar-refractivity contribution in [2.75, 3.05) is 46.3 Å². The van der Waals surface area contributed by atoms with Crippen LogP contribution in [0.5, 0.6) is 0 Å². The highest BCUT2D eigenvalue weighted by Gasteiger charge is 2.38. The van der Waals surface area contributed by atoms with Crippen LogP contribution in [-0.2, 0) is 11.1 Å². The molecule has 0 aliphatic carbocycles. The maximum absolute atomic E-state index is 2.65. The smallest absolute Gasteiger partial charge is 0.0424 e. The molecule has 0 spiro atoms. The van der Waals surface area contributed by atoms with Crippen molar-refractivity contribution in [1.29, 1.82) is 0 Å². The predicted molar refractivity (Wildman–Crippen MR) is 111 cm³/mol. The Morgan fingerprint density at radius 1 is 1.00 bits per heavy atom. The van der Waals surface area contributed by atoms with E-state index in [0.717, 1.165) is 19.0 Å². The van der Waals surface area contributed by atoms with E-state index in [2.05, 4.69) is 86.3 Å². The van der Waals surface area contributed by atoms with Crippen molar-refractivity contribution < 1.29 is 0 Å². The van der Waals surface area contributed by atoms with E-state index in [1.807, 2.05) is 0 Å². The molecule has 4 heteroatoms. The van der Waals surface area contributed by atoms with Crippen LogP contribution >= 0.6 is 0 Å². The number of piperazine rings is 1. The molecule has 2 saturated heterocycles. The topological polar surface area (TPSA) is 14.7 Å². The molecule has 26 heavy (non-hydrogen) atoms. The lowest BCUT2D eigenvalue weighted by Crippen LogP contribution is -2.52. The quantitative estimate of drug-likeness (QED) is 0.799. The van der Waals surface area contributed by atoms with E-state index in [-0.39, 0.29) is 11.1 Å². The molecular formula is C22H40N4. The van der Waals surface area contributed by atoms with Gasteiger partial charge in [0.15, 0.2) is 0 Å². The van der Waals surface area contributed by atoms with Gasteiger partial charge in [-0.15, -0.1) is 0 Å². The lowest BCUT2D eigenvalue weighted by molar-refractivity contribution is 0.0604. The van der Waals surface area contributed by atoms with Gasteiger partial charge in [0.1, 0.15) is 0 Å². The summed E-state index contributed by atoms with van der Waals surface area (Å²) in [5.41, 5.74) is 1.72. The second-order valence-electron chi connectivity index (χ2n) is 9.88. The zero-order valence-electron chi connectivity index (χ0n) is 18.1. The van der Waals surface area contributed by atoms with Gasteiger partial charge in [0.2, 0.25) is 0 Å². The number of hydrogen-bond acceptors (Lipinski definition) is 3. The molecule has 0 saturated carbocycles. The van der Waals surface area contributed by atoms with Crippen molar-refractivity contribution in [2.24, 2.45) is 5.92 Å². The third kappa shape index (κ3) is 3.74. The minimum atomic E-state index is 0.0994. The Hall–Kier alpha value is -0.840. The van der Waals surface area contributed by atoms with Crippen LogP contribution in [0.3, 0.4) is 0 Å². The number of nitrogens with zero attached hydrogens (tertiary/aromatic N) is 4. The zero-order valence-corrected chi connectivity index (χ0v) is 18.1. The van der Waals surface area contributed by atoms with Crippen LogP contribution in [0, 0.1) is 5.92 Å². The third-order valence-corrected chi connectivity index (χ3v) is 7.31. The highest BCUT2D eigenvalue weighted by atomic mass is 15.3. The molecule has 1 atom stereocenters. The number of hydrogen-bond donors (Lipinski definition) is 0. The summed E-state index contributed by atoms with van der Waals surface area (Å²) in [6.45, 7) is 21.4. The highest BCUT2D eigenvalue weighted by molar-refractivity contribution is 5.22. The van der Waals surface area contributed by atoms with Crippen molar-refractivity contribution in [3.8, 4) is 0 Å². The fourth-order valence-electron chi connectivity index (χ4n) is 4.71. The first-order valence-corrected chi connectivity index (χ1v) is 10.5. The van der Waals surface area contributed by atoms with Crippen molar-refractivity contribution in [3.05, 3.63) is 24.0 Å². The number of aromatic nitrogens is 1. The average Bonchev–Trinajstić information content (AvgIpc) is 3.26. The number of rotatable bonds is 5. The summed E-state index contributed by atoms with van der Waals surface area (Å²) in [5.74, 6) is 0.719. The largest absolute Gasteiger partial charge is 0.348 e. The lowest BCUT2D eigenvalue weighted by atomic mass is 9.86. The second kappa shape index (κ2) is 7.29. The van der Waals surface area contributed by atoms with E-state index in [1.54, 1.807) is 0 Å². The SMILES string of the molecule is CC(C)N1CCC(C(C)(C)n2ccc(C(C)(C)N3CCN(C)CC3)c2)C1. The standard InChI is InChI=1S/C22H40N4/c1-18(2)24-10-8-19(16-24)22(5,6)26-11-9-20(17-26)21(3,4)25-14-12-23(7)13-15-25/h9,11,17-19H,8,10,12-16H2,1-7H3. The molecule has 0 N–H and O–H groups in total. The maximum Gasteiger partial charge on any atom is 0.0424 e. The van der Waals surface area contributed by atoms with E-state index >= 15 is 0 Å². The van der Waals surface area contributed by atoms with Gasteiger partial charge in [0.05, 0.1) is 0 Å². The average molecular weight is 361 g/mol. The molecule has 148 valence electrons. The Morgan fingerprint density at radius 3 is 2.23 bits per heavy atom. The van der Waals surface area contributed by atoms with Crippen molar-refractivity contribution in [1.82, 2.24) is 19.3 Å². The minimum absolute atomic E-state index is 0.0994. The zero-order chi connectivity index (χ0) is 19.1. The molecular weight excluding hydrogens is 320 g/mol. The van der Waals surface area contributed by atoms with E-state index < -0.39 is 0 Å². The van der Waals surface area contributed by atoms with E-state index in [9.17, 15) is 0 Å². The lowest BCUT2D eigenvalue weighted by Gasteiger charge is -2.43. The van der Waals surface area contributed by atoms with Gasteiger partial charge in [0, 0.05) is 62.2 Å². The Kier molecular flexibility index (Phi) is 5.58. The summed E-state index contributed by atoms with van der Waals surface area (Å²) in [6.07, 6.45) is 6.06. The Morgan fingerprint density at radius 2 is 1.65 bits per heavy atom. The predicted octanol–water partition coefficient (Wildman–Crippen LogP) is 3.44. The van der Waals surface area contributed by atoms with E-state index in [4.69, 9.17) is 0 Å². The molecule has 0 bridgehead atoms. The summed E-state index contributed by atoms with van der Waals surface area (Å²) >= 11 is 0. The molecule has 2 fully saturated rings. The number of likely N-dealkylation sites (N-methyl/N-ethyl adjacent to an activating group) is 1. The van der Waals surface area contributed by atoms with E-state index in [0.29, 0.717) is 6.04 Å². The van der Waals surface area contributed by atoms with Crippen LogP contribution in [0.25, 0.3) is 0 Å². The molecule has 1 aromatic heterocycles. The molecule has 0 aromatic carbocycles. The molecule has 0 amide bonds. The summed E-state index contributed by atoms with van der Waals surface area (Å²) in [6, 6.07) is 3.02.